The van der Waals surface area contributed by atoms with Gasteiger partial charge in [0.05, 0.1) is 7.11 Å². The Morgan fingerprint density at radius 1 is 1.35 bits per heavy atom. The minimum Gasteiger partial charge on any atom is -0.490 e. The Morgan fingerprint density at radius 2 is 2.18 bits per heavy atom. The average Bonchev–Trinajstić information content (AvgIpc) is 2.34. The minimum atomic E-state index is 0.340. The molecule has 17 heavy (non-hydrogen) atoms. The van der Waals surface area contributed by atoms with Crippen molar-refractivity contribution in [2.24, 2.45) is 0 Å². The van der Waals surface area contributed by atoms with Crippen molar-refractivity contribution >= 4 is 29.2 Å². The van der Waals surface area contributed by atoms with E-state index in [9.17, 15) is 0 Å². The van der Waals surface area contributed by atoms with Crippen LogP contribution in [-0.4, -0.2) is 35.6 Å². The van der Waals surface area contributed by atoms with Crippen molar-refractivity contribution in [3.05, 3.63) is 11.5 Å². The van der Waals surface area contributed by atoms with Crippen molar-refractivity contribution in [2.45, 2.75) is 19.3 Å². The molecule has 0 radical (unpaired) electrons. The van der Waals surface area contributed by atoms with Gasteiger partial charge in [-0.1, -0.05) is 18.0 Å². The van der Waals surface area contributed by atoms with Gasteiger partial charge in [-0.25, -0.2) is 9.97 Å². The number of unbranched alkanes of at least 4 members (excludes halogenated alkanes) is 2. The number of nitrogens with zero attached hydrogens (tertiary/aromatic N) is 2. The molecule has 1 rings (SSSR count). The Bertz CT molecular complexity index is 338. The van der Waals surface area contributed by atoms with Crippen LogP contribution in [-0.2, 0) is 0 Å². The highest BCUT2D eigenvalue weighted by Crippen LogP contribution is 2.28. The van der Waals surface area contributed by atoms with Gasteiger partial charge in [-0.3, -0.25) is 0 Å². The molecular weight excluding hydrogens is 258 g/mol. The second kappa shape index (κ2) is 8.42. The van der Waals surface area contributed by atoms with Crippen molar-refractivity contribution in [2.75, 3.05) is 31.0 Å². The number of rotatable bonds is 8. The third-order valence-electron chi connectivity index (χ3n) is 2.28. The van der Waals surface area contributed by atoms with E-state index in [2.05, 4.69) is 21.5 Å². The highest BCUT2D eigenvalue weighted by atomic mass is 35.5. The monoisotopic (exact) mass is 275 g/mol. The van der Waals surface area contributed by atoms with Crippen LogP contribution in [0.15, 0.2) is 6.33 Å². The summed E-state index contributed by atoms with van der Waals surface area (Å²) < 4.78 is 5.15. The number of hydrogen-bond donors (Lipinski definition) is 1. The molecule has 0 aromatic carbocycles. The first kappa shape index (κ1) is 14.4. The molecule has 0 saturated heterocycles. The predicted octanol–water partition coefficient (Wildman–Crippen LogP) is 3.08. The Hall–Kier alpha value is -0.680. The fraction of sp³-hybridized carbons (Fsp3) is 0.636. The average molecular weight is 276 g/mol. The quantitative estimate of drug-likeness (QED) is 0.584. The second-order valence-corrected chi connectivity index (χ2v) is 4.87. The number of halogens is 1. The topological polar surface area (TPSA) is 47.0 Å². The lowest BCUT2D eigenvalue weighted by molar-refractivity contribution is 0.413. The highest BCUT2D eigenvalue weighted by molar-refractivity contribution is 7.98. The summed E-state index contributed by atoms with van der Waals surface area (Å²) in [6.45, 7) is 0.873. The van der Waals surface area contributed by atoms with Gasteiger partial charge >= 0.3 is 0 Å². The fourth-order valence-electron chi connectivity index (χ4n) is 1.41. The van der Waals surface area contributed by atoms with Crippen LogP contribution >= 0.6 is 23.4 Å². The molecule has 0 spiro atoms. The van der Waals surface area contributed by atoms with E-state index >= 15 is 0 Å². The lowest BCUT2D eigenvalue weighted by atomic mass is 10.2. The van der Waals surface area contributed by atoms with Crippen LogP contribution in [0.1, 0.15) is 19.3 Å². The molecule has 4 nitrogen and oxygen atoms in total. The van der Waals surface area contributed by atoms with Crippen LogP contribution < -0.4 is 10.1 Å². The van der Waals surface area contributed by atoms with E-state index in [0.717, 1.165) is 13.0 Å². The maximum Gasteiger partial charge on any atom is 0.198 e. The summed E-state index contributed by atoms with van der Waals surface area (Å²) in [5.74, 6) is 2.40. The summed E-state index contributed by atoms with van der Waals surface area (Å²) >= 11 is 7.78. The number of hydrogen-bond acceptors (Lipinski definition) is 5. The largest absolute Gasteiger partial charge is 0.490 e. The van der Waals surface area contributed by atoms with Gasteiger partial charge in [0, 0.05) is 6.54 Å². The number of nitrogens with one attached hydrogen (secondary N) is 1. The Balaban J connectivity index is 2.33. The maximum atomic E-state index is 5.89. The van der Waals surface area contributed by atoms with Crippen LogP contribution in [0.5, 0.6) is 5.75 Å². The van der Waals surface area contributed by atoms with Crippen LogP contribution in [0.4, 0.5) is 5.82 Å². The molecule has 1 aromatic rings. The van der Waals surface area contributed by atoms with Gasteiger partial charge in [-0.05, 0) is 24.9 Å². The number of aromatic nitrogens is 2. The van der Waals surface area contributed by atoms with Crippen molar-refractivity contribution < 1.29 is 4.74 Å². The van der Waals surface area contributed by atoms with E-state index in [1.54, 1.807) is 7.11 Å². The first-order valence-electron chi connectivity index (χ1n) is 5.57. The SMILES string of the molecule is COc1c(Cl)ncnc1NCCCCCSC. The van der Waals surface area contributed by atoms with Crippen molar-refractivity contribution in [3.8, 4) is 5.75 Å². The van der Waals surface area contributed by atoms with Crippen LogP contribution in [0.2, 0.25) is 5.15 Å². The number of ether oxygens (including phenoxy) is 1. The predicted molar refractivity (Wildman–Crippen MR) is 74.3 cm³/mol. The van der Waals surface area contributed by atoms with Gasteiger partial charge < -0.3 is 10.1 Å². The van der Waals surface area contributed by atoms with E-state index in [-0.39, 0.29) is 0 Å². The van der Waals surface area contributed by atoms with E-state index in [0.29, 0.717) is 16.7 Å². The molecule has 0 aliphatic carbocycles. The Kier molecular flexibility index (Phi) is 7.12. The van der Waals surface area contributed by atoms with E-state index in [1.807, 2.05) is 11.8 Å². The third-order valence-corrected chi connectivity index (χ3v) is 3.25. The summed E-state index contributed by atoms with van der Waals surface area (Å²) in [6.07, 6.45) is 7.15. The zero-order valence-corrected chi connectivity index (χ0v) is 11.8. The van der Waals surface area contributed by atoms with Gasteiger partial charge in [0.25, 0.3) is 0 Å². The zero-order chi connectivity index (χ0) is 12.5. The Morgan fingerprint density at radius 3 is 2.88 bits per heavy atom. The van der Waals surface area contributed by atoms with Gasteiger partial charge in [0.1, 0.15) is 6.33 Å². The first-order chi connectivity index (χ1) is 8.29. The van der Waals surface area contributed by atoms with Crippen molar-refractivity contribution in [1.29, 1.82) is 0 Å². The van der Waals surface area contributed by atoms with Gasteiger partial charge in [-0.15, -0.1) is 0 Å². The molecule has 6 heteroatoms. The molecule has 0 fully saturated rings. The summed E-state index contributed by atoms with van der Waals surface area (Å²) in [7, 11) is 1.56. The van der Waals surface area contributed by atoms with Crippen LogP contribution in [0.3, 0.4) is 0 Å². The van der Waals surface area contributed by atoms with E-state index in [1.165, 1.54) is 24.9 Å². The second-order valence-electron chi connectivity index (χ2n) is 3.53. The number of anilines is 1. The molecule has 96 valence electrons. The molecule has 0 saturated carbocycles. The summed E-state index contributed by atoms with van der Waals surface area (Å²) in [5.41, 5.74) is 0. The lowest BCUT2D eigenvalue weighted by Crippen LogP contribution is -2.06. The Labute approximate surface area is 112 Å². The van der Waals surface area contributed by atoms with Gasteiger partial charge in [0.15, 0.2) is 16.7 Å². The standard InChI is InChI=1S/C11H18ClN3OS/c1-16-9-10(12)14-8-15-11(9)13-6-4-3-5-7-17-2/h8H,3-7H2,1-2H3,(H,13,14,15). The zero-order valence-electron chi connectivity index (χ0n) is 10.2. The summed E-state index contributed by atoms with van der Waals surface area (Å²) in [5, 5.41) is 3.55. The highest BCUT2D eigenvalue weighted by Gasteiger charge is 2.08. The molecule has 0 aliphatic heterocycles. The molecular formula is C11H18ClN3OS. The molecule has 0 aliphatic rings. The third kappa shape index (κ3) is 5.00. The fourth-order valence-corrected chi connectivity index (χ4v) is 2.12. The van der Waals surface area contributed by atoms with Gasteiger partial charge in [-0.2, -0.15) is 11.8 Å². The van der Waals surface area contributed by atoms with Crippen LogP contribution in [0, 0.1) is 0 Å². The first-order valence-corrected chi connectivity index (χ1v) is 7.34. The normalized spacial score (nSPS) is 10.3. The molecule has 0 unspecified atom stereocenters. The van der Waals surface area contributed by atoms with Crippen molar-refractivity contribution in [3.63, 3.8) is 0 Å². The molecule has 0 amide bonds. The van der Waals surface area contributed by atoms with Gasteiger partial charge in [0.2, 0.25) is 0 Å². The molecule has 0 atom stereocenters. The summed E-state index contributed by atoms with van der Waals surface area (Å²) in [6, 6.07) is 0. The molecule has 1 heterocycles. The van der Waals surface area contributed by atoms with Crippen LogP contribution in [0.25, 0.3) is 0 Å². The molecule has 1 N–H and O–H groups in total. The van der Waals surface area contributed by atoms with Crippen molar-refractivity contribution in [1.82, 2.24) is 9.97 Å². The summed E-state index contributed by atoms with van der Waals surface area (Å²) in [4.78, 5) is 7.97. The minimum absolute atomic E-state index is 0.340. The van der Waals surface area contributed by atoms with E-state index in [4.69, 9.17) is 16.3 Å². The smallest absolute Gasteiger partial charge is 0.198 e. The molecule has 0 bridgehead atoms. The number of methoxy groups -OCH3 is 1. The lowest BCUT2D eigenvalue weighted by Gasteiger charge is -2.10. The maximum absolute atomic E-state index is 5.89. The number of thioether (sulfide) groups is 1. The van der Waals surface area contributed by atoms with E-state index < -0.39 is 0 Å². The molecule has 1 aromatic heterocycles.